The Labute approximate surface area is 227 Å². The number of benzene rings is 1. The molecule has 1 aliphatic heterocycles. The van der Waals surface area contributed by atoms with Gasteiger partial charge in [-0.2, -0.15) is 4.98 Å². The van der Waals surface area contributed by atoms with Crippen molar-refractivity contribution in [3.63, 3.8) is 0 Å². The van der Waals surface area contributed by atoms with Crippen LogP contribution in [0.15, 0.2) is 12.1 Å². The molecule has 1 aromatic carbocycles. The van der Waals surface area contributed by atoms with Gasteiger partial charge in [-0.05, 0) is 31.7 Å². The Balaban J connectivity index is 1.54. The van der Waals surface area contributed by atoms with Crippen LogP contribution in [-0.4, -0.2) is 85.1 Å². The van der Waals surface area contributed by atoms with Crippen LogP contribution in [0.2, 0.25) is 0 Å². The van der Waals surface area contributed by atoms with Crippen LogP contribution in [0.5, 0.6) is 11.5 Å². The topological polar surface area (TPSA) is 101 Å². The van der Waals surface area contributed by atoms with Crippen molar-refractivity contribution < 1.29 is 23.0 Å². The lowest BCUT2D eigenvalue weighted by Gasteiger charge is -2.43. The van der Waals surface area contributed by atoms with Crippen molar-refractivity contribution in [2.45, 2.75) is 63.0 Å². The van der Waals surface area contributed by atoms with Gasteiger partial charge in [0, 0.05) is 37.1 Å². The fraction of sp³-hybridized carbons (Fsp3) is 0.654. The number of nitrogens with one attached hydrogen (secondary N) is 3. The van der Waals surface area contributed by atoms with Gasteiger partial charge in [-0.25, -0.2) is 13.8 Å². The fourth-order valence-corrected chi connectivity index (χ4v) is 5.37. The predicted octanol–water partition coefficient (Wildman–Crippen LogP) is 4.26. The van der Waals surface area contributed by atoms with Crippen molar-refractivity contribution in [2.24, 2.45) is 0 Å². The maximum atomic E-state index is 15.5. The number of alkyl halides is 3. The number of halogens is 3. The van der Waals surface area contributed by atoms with Gasteiger partial charge in [0.05, 0.1) is 32.3 Å². The molecule has 2 aromatic rings. The van der Waals surface area contributed by atoms with Gasteiger partial charge in [-0.1, -0.05) is 19.3 Å². The van der Waals surface area contributed by atoms with Gasteiger partial charge in [0.1, 0.15) is 11.7 Å². The van der Waals surface area contributed by atoms with E-state index in [0.29, 0.717) is 66.6 Å². The molecule has 0 spiro atoms. The molecule has 4 rings (SSSR count). The van der Waals surface area contributed by atoms with E-state index in [0.717, 1.165) is 25.7 Å². The molecule has 2 fully saturated rings. The van der Waals surface area contributed by atoms with Gasteiger partial charge in [-0.15, -0.1) is 11.6 Å². The third-order valence-corrected chi connectivity index (χ3v) is 7.55. The molecule has 2 aliphatic rings. The lowest BCUT2D eigenvalue weighted by Crippen LogP contribution is -2.57. The first-order valence-corrected chi connectivity index (χ1v) is 13.8. The minimum atomic E-state index is -2.92. The van der Waals surface area contributed by atoms with E-state index < -0.39 is 12.0 Å². The largest absolute Gasteiger partial charge is 0.493 e. The molecule has 1 amide bonds. The summed E-state index contributed by atoms with van der Waals surface area (Å²) in [6.45, 7) is 1.27. The molecule has 1 atom stereocenters. The van der Waals surface area contributed by atoms with Gasteiger partial charge in [0.25, 0.3) is 5.92 Å². The van der Waals surface area contributed by atoms with E-state index in [1.807, 2.05) is 4.90 Å². The Hall–Kier alpha value is -2.66. The zero-order valence-electron chi connectivity index (χ0n) is 22.0. The molecule has 1 saturated carbocycles. The van der Waals surface area contributed by atoms with E-state index in [-0.39, 0.29) is 24.4 Å². The van der Waals surface area contributed by atoms with Crippen molar-refractivity contribution in [1.82, 2.24) is 20.2 Å². The van der Waals surface area contributed by atoms with E-state index >= 15 is 8.78 Å². The molecular weight excluding hydrogens is 518 g/mol. The summed E-state index contributed by atoms with van der Waals surface area (Å²) in [5, 5.41) is 9.44. The van der Waals surface area contributed by atoms with Crippen molar-refractivity contribution in [3.05, 3.63) is 12.1 Å². The van der Waals surface area contributed by atoms with Crippen molar-refractivity contribution in [2.75, 3.05) is 56.9 Å². The van der Waals surface area contributed by atoms with Crippen molar-refractivity contribution in [1.29, 1.82) is 0 Å². The van der Waals surface area contributed by atoms with E-state index in [1.54, 1.807) is 12.1 Å². The lowest BCUT2D eigenvalue weighted by atomic mass is 9.91. The van der Waals surface area contributed by atoms with Gasteiger partial charge < -0.3 is 25.4 Å². The SMILES string of the molecule is COc1cc2nc(NCCCNC(=O)CCl)nc(NC3CCN(C4CCCCC4)CC3(F)F)c2cc1OC. The van der Waals surface area contributed by atoms with Crippen LogP contribution in [0, 0.1) is 0 Å². The minimum absolute atomic E-state index is 0.0915. The highest BCUT2D eigenvalue weighted by Crippen LogP contribution is 2.38. The van der Waals surface area contributed by atoms with Crippen LogP contribution in [-0.2, 0) is 4.79 Å². The Morgan fingerprint density at radius 1 is 1.11 bits per heavy atom. The Kier molecular flexibility index (Phi) is 9.64. The molecule has 12 heteroatoms. The first-order chi connectivity index (χ1) is 18.3. The van der Waals surface area contributed by atoms with Crippen LogP contribution >= 0.6 is 11.6 Å². The predicted molar refractivity (Wildman–Crippen MR) is 145 cm³/mol. The van der Waals surface area contributed by atoms with Crippen LogP contribution in [0.3, 0.4) is 0 Å². The summed E-state index contributed by atoms with van der Waals surface area (Å²) in [4.78, 5) is 22.4. The molecule has 0 radical (unpaired) electrons. The summed E-state index contributed by atoms with van der Waals surface area (Å²) < 4.78 is 41.8. The lowest BCUT2D eigenvalue weighted by molar-refractivity contribution is -0.118. The van der Waals surface area contributed by atoms with Crippen LogP contribution in [0.4, 0.5) is 20.5 Å². The molecule has 1 unspecified atom stereocenters. The number of nitrogens with zero attached hydrogens (tertiary/aromatic N) is 3. The number of amides is 1. The highest BCUT2D eigenvalue weighted by atomic mass is 35.5. The van der Waals surface area contributed by atoms with Gasteiger partial charge in [-0.3, -0.25) is 9.69 Å². The maximum Gasteiger partial charge on any atom is 0.280 e. The summed E-state index contributed by atoms with van der Waals surface area (Å²) in [6, 6.07) is 2.60. The third kappa shape index (κ3) is 6.85. The molecule has 0 bridgehead atoms. The Morgan fingerprint density at radius 3 is 2.53 bits per heavy atom. The molecule has 2 heterocycles. The molecular formula is C26H37ClF2N6O3. The summed E-state index contributed by atoms with van der Waals surface area (Å²) >= 11 is 5.50. The molecule has 38 heavy (non-hydrogen) atoms. The first kappa shape index (κ1) is 28.4. The first-order valence-electron chi connectivity index (χ1n) is 13.2. The third-order valence-electron chi connectivity index (χ3n) is 7.31. The normalized spacial score (nSPS) is 20.2. The van der Waals surface area contributed by atoms with Crippen LogP contribution in [0.25, 0.3) is 10.9 Å². The van der Waals surface area contributed by atoms with E-state index in [4.69, 9.17) is 21.1 Å². The van der Waals surface area contributed by atoms with Crippen LogP contribution in [0.1, 0.15) is 44.9 Å². The highest BCUT2D eigenvalue weighted by Gasteiger charge is 2.46. The van der Waals surface area contributed by atoms with E-state index in [2.05, 4.69) is 25.9 Å². The second-order valence-corrected chi connectivity index (χ2v) is 10.2. The summed E-state index contributed by atoms with van der Waals surface area (Å²) in [7, 11) is 3.05. The molecule has 210 valence electrons. The number of aromatic nitrogens is 2. The average molecular weight is 555 g/mol. The fourth-order valence-electron chi connectivity index (χ4n) is 5.28. The average Bonchev–Trinajstić information content (AvgIpc) is 2.93. The number of hydrogen-bond donors (Lipinski definition) is 3. The number of hydrogen-bond acceptors (Lipinski definition) is 8. The van der Waals surface area contributed by atoms with Gasteiger partial charge in [0.2, 0.25) is 11.9 Å². The zero-order chi connectivity index (χ0) is 27.1. The maximum absolute atomic E-state index is 15.5. The number of anilines is 2. The van der Waals surface area contributed by atoms with Gasteiger partial charge in [0.15, 0.2) is 11.5 Å². The monoisotopic (exact) mass is 554 g/mol. The van der Waals surface area contributed by atoms with Crippen molar-refractivity contribution >= 4 is 40.2 Å². The Morgan fingerprint density at radius 2 is 1.84 bits per heavy atom. The molecule has 1 aliphatic carbocycles. The number of fused-ring (bicyclic) bond motifs is 1. The standard InChI is InChI=1S/C26H37ClF2N6O3/c1-37-20-13-18-19(14-21(20)38-2)32-25(31-11-6-10-30-23(36)15-27)34-24(18)33-22-9-12-35(16-26(22,28)29)17-7-4-3-5-8-17/h13-14,17,22H,3-12,15-16H2,1-2H3,(H,30,36)(H2,31,32,33,34). The second kappa shape index (κ2) is 12.9. The number of rotatable bonds is 11. The Bertz CT molecular complexity index is 1100. The van der Waals surface area contributed by atoms with Gasteiger partial charge >= 0.3 is 0 Å². The molecule has 1 aromatic heterocycles. The summed E-state index contributed by atoms with van der Waals surface area (Å²) in [6.07, 6.45) is 6.33. The number of carbonyl (C=O) groups is 1. The van der Waals surface area contributed by atoms with E-state index in [9.17, 15) is 4.79 Å². The van der Waals surface area contributed by atoms with E-state index in [1.165, 1.54) is 20.6 Å². The zero-order valence-corrected chi connectivity index (χ0v) is 22.8. The smallest absolute Gasteiger partial charge is 0.280 e. The quantitative estimate of drug-likeness (QED) is 0.280. The number of ether oxygens (including phenoxy) is 2. The van der Waals surface area contributed by atoms with Crippen LogP contribution < -0.4 is 25.4 Å². The number of carbonyl (C=O) groups excluding carboxylic acids is 1. The van der Waals surface area contributed by atoms with Crippen molar-refractivity contribution in [3.8, 4) is 11.5 Å². The highest BCUT2D eigenvalue weighted by molar-refractivity contribution is 6.27. The molecule has 3 N–H and O–H groups in total. The number of piperidine rings is 1. The second-order valence-electron chi connectivity index (χ2n) is 9.89. The molecule has 9 nitrogen and oxygen atoms in total. The number of likely N-dealkylation sites (tertiary alicyclic amines) is 1. The minimum Gasteiger partial charge on any atom is -0.493 e. The molecule has 1 saturated heterocycles. The summed E-state index contributed by atoms with van der Waals surface area (Å²) in [5.74, 6) is -1.71. The number of methoxy groups -OCH3 is 2. The summed E-state index contributed by atoms with van der Waals surface area (Å²) in [5.41, 5.74) is 0.529.